The van der Waals surface area contributed by atoms with Crippen molar-refractivity contribution in [3.63, 3.8) is 0 Å². The number of nitrogens with one attached hydrogen (secondary N) is 1. The maximum atomic E-state index is 3.75. The minimum Gasteiger partial charge on any atom is -0.314 e. The van der Waals surface area contributed by atoms with Crippen LogP contribution in [0.25, 0.3) is 0 Å². The van der Waals surface area contributed by atoms with Crippen molar-refractivity contribution in [2.45, 2.75) is 78.7 Å². The van der Waals surface area contributed by atoms with Gasteiger partial charge in [-0.25, -0.2) is 0 Å². The molecule has 0 radical (unpaired) electrons. The lowest BCUT2D eigenvalue weighted by Gasteiger charge is -2.38. The zero-order chi connectivity index (χ0) is 14.6. The Morgan fingerprint density at radius 2 is 1.65 bits per heavy atom. The zero-order valence-corrected chi connectivity index (χ0v) is 14.3. The monoisotopic (exact) mass is 280 g/mol. The van der Waals surface area contributed by atoms with Crippen molar-refractivity contribution in [3.8, 4) is 0 Å². The van der Waals surface area contributed by atoms with Crippen LogP contribution in [0.2, 0.25) is 0 Å². The van der Waals surface area contributed by atoms with E-state index >= 15 is 0 Å². The molecule has 2 rings (SSSR count). The molecule has 0 unspecified atom stereocenters. The van der Waals surface area contributed by atoms with E-state index in [4.69, 9.17) is 0 Å². The van der Waals surface area contributed by atoms with Gasteiger partial charge in [0.15, 0.2) is 0 Å². The lowest BCUT2D eigenvalue weighted by molar-refractivity contribution is 0.134. The summed E-state index contributed by atoms with van der Waals surface area (Å²) in [5.74, 6) is 0. The molecule has 2 nitrogen and oxygen atoms in total. The molecule has 0 aromatic rings. The molecule has 0 aromatic carbocycles. The minimum atomic E-state index is 0.539. The quantitative estimate of drug-likeness (QED) is 0.764. The molecule has 1 aliphatic heterocycles. The molecular formula is C18H36N2. The summed E-state index contributed by atoms with van der Waals surface area (Å²) < 4.78 is 0. The second-order valence-corrected chi connectivity index (χ2v) is 8.57. The molecule has 118 valence electrons. The molecule has 2 heteroatoms. The molecular weight excluding hydrogens is 244 g/mol. The molecule has 2 fully saturated rings. The van der Waals surface area contributed by atoms with E-state index < -0.39 is 0 Å². The van der Waals surface area contributed by atoms with E-state index in [1.165, 1.54) is 71.1 Å². The molecule has 1 heterocycles. The van der Waals surface area contributed by atoms with Gasteiger partial charge < -0.3 is 10.2 Å². The summed E-state index contributed by atoms with van der Waals surface area (Å²) >= 11 is 0. The summed E-state index contributed by atoms with van der Waals surface area (Å²) in [6.07, 6.45) is 10.0. The van der Waals surface area contributed by atoms with Crippen LogP contribution in [0.5, 0.6) is 0 Å². The molecule has 1 saturated heterocycles. The highest BCUT2D eigenvalue weighted by molar-refractivity contribution is 4.91. The van der Waals surface area contributed by atoms with Crippen molar-refractivity contribution in [1.29, 1.82) is 0 Å². The van der Waals surface area contributed by atoms with Gasteiger partial charge in [-0.1, -0.05) is 53.4 Å². The van der Waals surface area contributed by atoms with Gasteiger partial charge in [0.05, 0.1) is 0 Å². The van der Waals surface area contributed by atoms with Crippen LogP contribution in [0.3, 0.4) is 0 Å². The first-order valence-electron chi connectivity index (χ1n) is 8.87. The standard InChI is InChI=1S/C18H36N2/c1-16(2)19-13-18(9-7-5-6-8-10-18)15-20-12-11-17(3,4)14-20/h16,19H,5-15H2,1-4H3. The van der Waals surface area contributed by atoms with Crippen molar-refractivity contribution in [2.75, 3.05) is 26.2 Å². The maximum Gasteiger partial charge on any atom is 0.00504 e. The molecule has 0 bridgehead atoms. The van der Waals surface area contributed by atoms with Crippen LogP contribution in [0.1, 0.15) is 72.6 Å². The Kier molecular flexibility index (Phi) is 5.53. The molecule has 0 atom stereocenters. The Labute approximate surface area is 126 Å². The highest BCUT2D eigenvalue weighted by Gasteiger charge is 2.37. The second-order valence-electron chi connectivity index (χ2n) is 8.57. The Morgan fingerprint density at radius 3 is 2.15 bits per heavy atom. The predicted molar refractivity (Wildman–Crippen MR) is 88.1 cm³/mol. The fourth-order valence-corrected chi connectivity index (χ4v) is 4.12. The van der Waals surface area contributed by atoms with Gasteiger partial charge in [-0.05, 0) is 36.6 Å². The molecule has 2 aliphatic rings. The van der Waals surface area contributed by atoms with Crippen molar-refractivity contribution >= 4 is 0 Å². The summed E-state index contributed by atoms with van der Waals surface area (Å²) in [6, 6.07) is 0.616. The van der Waals surface area contributed by atoms with Crippen molar-refractivity contribution in [3.05, 3.63) is 0 Å². The third kappa shape index (κ3) is 4.73. The third-order valence-electron chi connectivity index (χ3n) is 5.36. The minimum absolute atomic E-state index is 0.539. The van der Waals surface area contributed by atoms with E-state index in [9.17, 15) is 0 Å². The van der Waals surface area contributed by atoms with E-state index in [-0.39, 0.29) is 0 Å². The Balaban J connectivity index is 1.98. The van der Waals surface area contributed by atoms with Crippen molar-refractivity contribution in [1.82, 2.24) is 10.2 Å². The van der Waals surface area contributed by atoms with Crippen LogP contribution in [-0.2, 0) is 0 Å². The third-order valence-corrected chi connectivity index (χ3v) is 5.36. The van der Waals surface area contributed by atoms with Crippen LogP contribution in [0, 0.1) is 10.8 Å². The molecule has 1 aliphatic carbocycles. The Bertz CT molecular complexity index is 288. The SMILES string of the molecule is CC(C)NCC1(CN2CCC(C)(C)C2)CCCCCC1. The van der Waals surface area contributed by atoms with Crippen LogP contribution < -0.4 is 5.32 Å². The molecule has 1 saturated carbocycles. The lowest BCUT2D eigenvalue weighted by Crippen LogP contribution is -2.45. The van der Waals surface area contributed by atoms with Crippen molar-refractivity contribution < 1.29 is 0 Å². The molecule has 0 amide bonds. The molecule has 0 aromatic heterocycles. The average molecular weight is 280 g/mol. The predicted octanol–water partition coefficient (Wildman–Crippen LogP) is 4.06. The number of hydrogen-bond donors (Lipinski definition) is 1. The average Bonchev–Trinajstić information content (AvgIpc) is 2.58. The first-order chi connectivity index (χ1) is 9.41. The van der Waals surface area contributed by atoms with Gasteiger partial charge >= 0.3 is 0 Å². The fraction of sp³-hybridized carbons (Fsp3) is 1.00. The summed E-state index contributed by atoms with van der Waals surface area (Å²) in [5.41, 5.74) is 1.08. The highest BCUT2D eigenvalue weighted by atomic mass is 15.2. The topological polar surface area (TPSA) is 15.3 Å². The summed E-state index contributed by atoms with van der Waals surface area (Å²) in [4.78, 5) is 2.76. The zero-order valence-electron chi connectivity index (χ0n) is 14.3. The fourth-order valence-electron chi connectivity index (χ4n) is 4.12. The normalized spacial score (nSPS) is 26.9. The number of rotatable bonds is 5. The van der Waals surface area contributed by atoms with Gasteiger partial charge in [0.2, 0.25) is 0 Å². The van der Waals surface area contributed by atoms with Crippen LogP contribution in [0.15, 0.2) is 0 Å². The van der Waals surface area contributed by atoms with E-state index in [1.54, 1.807) is 0 Å². The van der Waals surface area contributed by atoms with Crippen LogP contribution >= 0.6 is 0 Å². The van der Waals surface area contributed by atoms with Crippen LogP contribution in [0.4, 0.5) is 0 Å². The summed E-state index contributed by atoms with van der Waals surface area (Å²) in [5, 5.41) is 3.75. The van der Waals surface area contributed by atoms with Gasteiger partial charge in [0.25, 0.3) is 0 Å². The second kappa shape index (κ2) is 6.79. The molecule has 0 spiro atoms. The van der Waals surface area contributed by atoms with E-state index in [2.05, 4.69) is 37.9 Å². The van der Waals surface area contributed by atoms with Gasteiger partial charge in [-0.3, -0.25) is 0 Å². The van der Waals surface area contributed by atoms with E-state index in [0.717, 1.165) is 0 Å². The number of nitrogens with zero attached hydrogens (tertiary/aromatic N) is 1. The van der Waals surface area contributed by atoms with E-state index in [0.29, 0.717) is 16.9 Å². The van der Waals surface area contributed by atoms with E-state index in [1.807, 2.05) is 0 Å². The Morgan fingerprint density at radius 1 is 1.00 bits per heavy atom. The van der Waals surface area contributed by atoms with Gasteiger partial charge in [-0.2, -0.15) is 0 Å². The van der Waals surface area contributed by atoms with Gasteiger partial charge in [0, 0.05) is 25.7 Å². The molecule has 1 N–H and O–H groups in total. The van der Waals surface area contributed by atoms with Crippen LogP contribution in [-0.4, -0.2) is 37.1 Å². The lowest BCUT2D eigenvalue weighted by atomic mass is 9.79. The first-order valence-corrected chi connectivity index (χ1v) is 8.87. The van der Waals surface area contributed by atoms with Crippen molar-refractivity contribution in [2.24, 2.45) is 10.8 Å². The van der Waals surface area contributed by atoms with Gasteiger partial charge in [-0.15, -0.1) is 0 Å². The summed E-state index contributed by atoms with van der Waals surface area (Å²) in [6.45, 7) is 14.6. The molecule has 20 heavy (non-hydrogen) atoms. The smallest absolute Gasteiger partial charge is 0.00504 e. The Hall–Kier alpha value is -0.0800. The van der Waals surface area contributed by atoms with Gasteiger partial charge in [0.1, 0.15) is 0 Å². The number of likely N-dealkylation sites (tertiary alicyclic amines) is 1. The largest absolute Gasteiger partial charge is 0.314 e. The highest BCUT2D eigenvalue weighted by Crippen LogP contribution is 2.38. The number of hydrogen-bond acceptors (Lipinski definition) is 2. The summed E-state index contributed by atoms with van der Waals surface area (Å²) in [7, 11) is 0. The first kappa shape index (κ1) is 16.3. The maximum absolute atomic E-state index is 3.75.